The van der Waals surface area contributed by atoms with Crippen LogP contribution in [-0.2, 0) is 16.1 Å². The standard InChI is InChI=1S/C16H23NO4/c1-16(2,12-20-11-13-6-4-3-5-7-13)21-15(19)17-9-8-14(18)10-17/h3-7,14,18H,8-12H2,1-2H3. The zero-order valence-corrected chi connectivity index (χ0v) is 12.6. The lowest BCUT2D eigenvalue weighted by atomic mass is 10.1. The quantitative estimate of drug-likeness (QED) is 0.904. The van der Waals surface area contributed by atoms with Crippen molar-refractivity contribution in [3.05, 3.63) is 35.9 Å². The minimum absolute atomic E-state index is 0.323. The Balaban J connectivity index is 1.75. The maximum Gasteiger partial charge on any atom is 0.410 e. The summed E-state index contributed by atoms with van der Waals surface area (Å²) in [5.74, 6) is 0. The van der Waals surface area contributed by atoms with Crippen molar-refractivity contribution in [3.63, 3.8) is 0 Å². The number of β-amino-alcohol motifs (C(OH)–C–C–N with tert-alkyl or cyclic N) is 1. The largest absolute Gasteiger partial charge is 0.441 e. The first kappa shape index (κ1) is 15.8. The molecule has 21 heavy (non-hydrogen) atoms. The minimum atomic E-state index is -0.695. The monoisotopic (exact) mass is 293 g/mol. The minimum Gasteiger partial charge on any atom is -0.441 e. The van der Waals surface area contributed by atoms with Gasteiger partial charge in [-0.05, 0) is 25.8 Å². The van der Waals surface area contributed by atoms with Crippen LogP contribution in [0.5, 0.6) is 0 Å². The van der Waals surface area contributed by atoms with E-state index in [1.165, 1.54) is 4.90 Å². The average molecular weight is 293 g/mol. The van der Waals surface area contributed by atoms with Crippen LogP contribution in [0.1, 0.15) is 25.8 Å². The second kappa shape index (κ2) is 6.91. The Hall–Kier alpha value is -1.59. The molecule has 0 aliphatic carbocycles. The molecule has 1 heterocycles. The fraction of sp³-hybridized carbons (Fsp3) is 0.562. The molecular weight excluding hydrogens is 270 g/mol. The number of hydrogen-bond acceptors (Lipinski definition) is 4. The van der Waals surface area contributed by atoms with Gasteiger partial charge in [0, 0.05) is 13.1 Å². The Morgan fingerprint density at radius 2 is 2.10 bits per heavy atom. The van der Waals surface area contributed by atoms with Crippen LogP contribution in [-0.4, -0.2) is 47.5 Å². The first-order chi connectivity index (χ1) is 9.96. The van der Waals surface area contributed by atoms with Gasteiger partial charge in [-0.2, -0.15) is 0 Å². The van der Waals surface area contributed by atoms with Crippen LogP contribution < -0.4 is 0 Å². The summed E-state index contributed by atoms with van der Waals surface area (Å²) in [4.78, 5) is 13.5. The maximum absolute atomic E-state index is 12.0. The van der Waals surface area contributed by atoms with Gasteiger partial charge >= 0.3 is 6.09 Å². The molecule has 1 fully saturated rings. The SMILES string of the molecule is CC(C)(COCc1ccccc1)OC(=O)N1CCC(O)C1. The van der Waals surface area contributed by atoms with Crippen molar-refractivity contribution in [2.75, 3.05) is 19.7 Å². The van der Waals surface area contributed by atoms with E-state index in [4.69, 9.17) is 9.47 Å². The molecule has 0 radical (unpaired) electrons. The van der Waals surface area contributed by atoms with Crippen molar-refractivity contribution in [1.82, 2.24) is 4.90 Å². The second-order valence-electron chi connectivity index (χ2n) is 5.99. The van der Waals surface area contributed by atoms with Crippen molar-refractivity contribution >= 4 is 6.09 Å². The summed E-state index contributed by atoms with van der Waals surface area (Å²) in [6.07, 6.45) is -0.213. The fourth-order valence-electron chi connectivity index (χ4n) is 2.23. The Bertz CT molecular complexity index is 461. The number of rotatable bonds is 5. The summed E-state index contributed by atoms with van der Waals surface area (Å²) in [6, 6.07) is 9.86. The summed E-state index contributed by atoms with van der Waals surface area (Å²) in [6.45, 7) is 5.35. The van der Waals surface area contributed by atoms with Crippen molar-refractivity contribution in [2.24, 2.45) is 0 Å². The predicted octanol–water partition coefficient (Wildman–Crippen LogP) is 2.18. The number of carbonyl (C=O) groups excluding carboxylic acids is 1. The van der Waals surface area contributed by atoms with E-state index in [0.29, 0.717) is 32.7 Å². The molecule has 116 valence electrons. The summed E-state index contributed by atoms with van der Waals surface area (Å²) < 4.78 is 11.1. The molecule has 1 amide bonds. The predicted molar refractivity (Wildman–Crippen MR) is 78.9 cm³/mol. The Labute approximate surface area is 125 Å². The highest BCUT2D eigenvalue weighted by Gasteiger charge is 2.30. The fourth-order valence-corrected chi connectivity index (χ4v) is 2.23. The molecule has 0 spiro atoms. The molecule has 0 bridgehead atoms. The number of ether oxygens (including phenoxy) is 2. The number of likely N-dealkylation sites (tertiary alicyclic amines) is 1. The van der Waals surface area contributed by atoms with Gasteiger partial charge in [0.25, 0.3) is 0 Å². The van der Waals surface area contributed by atoms with Crippen LogP contribution in [0.15, 0.2) is 30.3 Å². The number of carbonyl (C=O) groups is 1. The molecular formula is C16H23NO4. The van der Waals surface area contributed by atoms with E-state index in [0.717, 1.165) is 5.56 Å². The average Bonchev–Trinajstić information content (AvgIpc) is 2.86. The number of hydrogen-bond donors (Lipinski definition) is 1. The molecule has 5 nitrogen and oxygen atoms in total. The lowest BCUT2D eigenvalue weighted by Gasteiger charge is -2.27. The molecule has 1 aliphatic rings. The van der Waals surface area contributed by atoms with E-state index in [1.54, 1.807) is 0 Å². The Kier molecular flexibility index (Phi) is 5.20. The third-order valence-electron chi connectivity index (χ3n) is 3.35. The van der Waals surface area contributed by atoms with Crippen molar-refractivity contribution < 1.29 is 19.4 Å². The number of aliphatic hydroxyl groups is 1. The number of amides is 1. The van der Waals surface area contributed by atoms with Crippen LogP contribution >= 0.6 is 0 Å². The van der Waals surface area contributed by atoms with E-state index in [-0.39, 0.29) is 6.09 Å². The van der Waals surface area contributed by atoms with Crippen LogP contribution in [0.2, 0.25) is 0 Å². The zero-order chi connectivity index (χ0) is 15.3. The van der Waals surface area contributed by atoms with Gasteiger partial charge in [0.1, 0.15) is 5.60 Å². The first-order valence-electron chi connectivity index (χ1n) is 7.24. The van der Waals surface area contributed by atoms with Crippen molar-refractivity contribution in [2.45, 2.75) is 38.6 Å². The number of benzene rings is 1. The van der Waals surface area contributed by atoms with E-state index >= 15 is 0 Å². The third kappa shape index (κ3) is 5.02. The Morgan fingerprint density at radius 3 is 2.71 bits per heavy atom. The van der Waals surface area contributed by atoms with Gasteiger partial charge in [-0.3, -0.25) is 0 Å². The number of aliphatic hydroxyl groups excluding tert-OH is 1. The van der Waals surface area contributed by atoms with Crippen LogP contribution in [0.4, 0.5) is 4.79 Å². The molecule has 0 aromatic heterocycles. The van der Waals surface area contributed by atoms with Crippen LogP contribution in [0.3, 0.4) is 0 Å². The van der Waals surface area contributed by atoms with E-state index in [9.17, 15) is 9.90 Å². The van der Waals surface area contributed by atoms with E-state index in [2.05, 4.69) is 0 Å². The van der Waals surface area contributed by atoms with Gasteiger partial charge in [0.15, 0.2) is 0 Å². The van der Waals surface area contributed by atoms with Gasteiger partial charge < -0.3 is 19.5 Å². The van der Waals surface area contributed by atoms with Crippen LogP contribution in [0, 0.1) is 0 Å². The molecule has 0 saturated carbocycles. The maximum atomic E-state index is 12.0. The highest BCUT2D eigenvalue weighted by molar-refractivity contribution is 5.68. The van der Waals surface area contributed by atoms with Gasteiger partial charge in [-0.25, -0.2) is 4.79 Å². The summed E-state index contributed by atoms with van der Waals surface area (Å²) in [5, 5.41) is 9.44. The zero-order valence-electron chi connectivity index (χ0n) is 12.6. The summed E-state index contributed by atoms with van der Waals surface area (Å²) >= 11 is 0. The van der Waals surface area contributed by atoms with Gasteiger partial charge in [0.05, 0.1) is 19.3 Å². The molecule has 1 N–H and O–H groups in total. The molecule has 1 aromatic rings. The first-order valence-corrected chi connectivity index (χ1v) is 7.24. The summed E-state index contributed by atoms with van der Waals surface area (Å²) in [5.41, 5.74) is 0.390. The third-order valence-corrected chi connectivity index (χ3v) is 3.35. The van der Waals surface area contributed by atoms with Crippen molar-refractivity contribution in [3.8, 4) is 0 Å². The highest BCUT2D eigenvalue weighted by atomic mass is 16.6. The van der Waals surface area contributed by atoms with Crippen molar-refractivity contribution in [1.29, 1.82) is 0 Å². The van der Waals surface area contributed by atoms with Gasteiger partial charge in [-0.1, -0.05) is 30.3 Å². The molecule has 1 saturated heterocycles. The normalized spacial score (nSPS) is 18.8. The molecule has 2 rings (SSSR count). The summed E-state index contributed by atoms with van der Waals surface area (Å²) in [7, 11) is 0. The molecule has 5 heteroatoms. The van der Waals surface area contributed by atoms with Crippen LogP contribution in [0.25, 0.3) is 0 Å². The Morgan fingerprint density at radius 1 is 1.38 bits per heavy atom. The second-order valence-corrected chi connectivity index (χ2v) is 5.99. The van der Waals surface area contributed by atoms with E-state index in [1.807, 2.05) is 44.2 Å². The van der Waals surface area contributed by atoms with Gasteiger partial charge in [-0.15, -0.1) is 0 Å². The topological polar surface area (TPSA) is 59.0 Å². The molecule has 1 unspecified atom stereocenters. The smallest absolute Gasteiger partial charge is 0.410 e. The highest BCUT2D eigenvalue weighted by Crippen LogP contribution is 2.16. The van der Waals surface area contributed by atoms with E-state index < -0.39 is 11.7 Å². The lowest BCUT2D eigenvalue weighted by Crippen LogP contribution is -2.40. The molecule has 1 aromatic carbocycles. The lowest BCUT2D eigenvalue weighted by molar-refractivity contribution is -0.0484. The molecule has 1 aliphatic heterocycles. The van der Waals surface area contributed by atoms with Gasteiger partial charge in [0.2, 0.25) is 0 Å². The molecule has 1 atom stereocenters. The number of nitrogens with zero attached hydrogens (tertiary/aromatic N) is 1.